The number of hydrogen-bond donors (Lipinski definition) is 2. The van der Waals surface area contributed by atoms with Crippen LogP contribution in [-0.2, 0) is 18.4 Å². The molecule has 7 rings (SSSR count). The summed E-state index contributed by atoms with van der Waals surface area (Å²) in [7, 11) is 1.73. The van der Waals surface area contributed by atoms with Gasteiger partial charge in [-0.3, -0.25) is 4.68 Å². The van der Waals surface area contributed by atoms with E-state index in [0.717, 1.165) is 35.2 Å². The van der Waals surface area contributed by atoms with Gasteiger partial charge in [0.05, 0.1) is 26.7 Å². The van der Waals surface area contributed by atoms with Crippen molar-refractivity contribution in [2.24, 2.45) is 12.5 Å². The summed E-state index contributed by atoms with van der Waals surface area (Å²) in [5.41, 5.74) is 2.15. The highest BCUT2D eigenvalue weighted by atomic mass is 35.5. The third-order valence-electron chi connectivity index (χ3n) is 9.60. The highest BCUT2D eigenvalue weighted by Crippen LogP contribution is 2.60. The summed E-state index contributed by atoms with van der Waals surface area (Å²) >= 11 is 19.9. The van der Waals surface area contributed by atoms with E-state index >= 15 is 0 Å². The van der Waals surface area contributed by atoms with Gasteiger partial charge in [0.1, 0.15) is 23.8 Å². The Balaban J connectivity index is 1.07. The minimum absolute atomic E-state index is 0.0345. The van der Waals surface area contributed by atoms with Crippen LogP contribution in [0.2, 0.25) is 10.0 Å². The van der Waals surface area contributed by atoms with E-state index in [1.54, 1.807) is 42.1 Å². The van der Waals surface area contributed by atoms with Crippen LogP contribution in [0.4, 0.5) is 0 Å². The Kier molecular flexibility index (Phi) is 7.12. The summed E-state index contributed by atoms with van der Waals surface area (Å²) in [5, 5.41) is 31.8. The number of allylic oxidation sites excluding steroid dienone is 2. The normalized spacial score (nSPS) is 25.0. The molecule has 0 aliphatic heterocycles. The molecule has 228 valence electrons. The first kappa shape index (κ1) is 29.4. The molecule has 1 atom stereocenters. The summed E-state index contributed by atoms with van der Waals surface area (Å²) in [6, 6.07) is 11.0. The minimum atomic E-state index is -1.06. The monoisotopic (exact) mass is 653 g/mol. The third-order valence-corrected chi connectivity index (χ3v) is 10.8. The van der Waals surface area contributed by atoms with Crippen molar-refractivity contribution in [2.75, 3.05) is 0 Å². The number of aromatic carboxylic acids is 1. The van der Waals surface area contributed by atoms with Gasteiger partial charge in [0.2, 0.25) is 0 Å². The van der Waals surface area contributed by atoms with E-state index in [1.165, 1.54) is 0 Å². The van der Waals surface area contributed by atoms with Gasteiger partial charge in [0.25, 0.3) is 0 Å². The average Bonchev–Trinajstić information content (AvgIpc) is 3.65. The van der Waals surface area contributed by atoms with Gasteiger partial charge in [-0.2, -0.15) is 5.10 Å². The number of carbonyl (C=O) groups is 1. The van der Waals surface area contributed by atoms with Crippen molar-refractivity contribution in [3.05, 3.63) is 92.0 Å². The molecule has 2 N–H and O–H groups in total. The Bertz CT molecular complexity index is 1860. The van der Waals surface area contributed by atoms with Crippen LogP contribution in [0, 0.1) is 5.41 Å². The third kappa shape index (κ3) is 4.74. The fraction of sp³-hybridized carbons (Fsp3) is 0.364. The molecule has 1 unspecified atom stereocenters. The lowest BCUT2D eigenvalue weighted by molar-refractivity contribution is -0.125. The molecule has 2 aromatic carbocycles. The first-order valence-corrected chi connectivity index (χ1v) is 15.7. The van der Waals surface area contributed by atoms with E-state index in [-0.39, 0.29) is 18.2 Å². The highest BCUT2D eigenvalue weighted by molar-refractivity contribution is 6.39. The van der Waals surface area contributed by atoms with Crippen molar-refractivity contribution in [3.8, 4) is 11.3 Å². The van der Waals surface area contributed by atoms with Crippen molar-refractivity contribution < 1.29 is 24.3 Å². The lowest BCUT2D eigenvalue weighted by atomic mass is 9.54. The maximum absolute atomic E-state index is 11.8. The van der Waals surface area contributed by atoms with E-state index < -0.39 is 17.0 Å². The maximum Gasteiger partial charge on any atom is 0.357 e. The molecule has 8 nitrogen and oxygen atoms in total. The molecule has 0 radical (unpaired) electrons. The number of aliphatic hydroxyl groups is 1. The fourth-order valence-electron chi connectivity index (χ4n) is 6.59. The number of aromatic nitrogens is 3. The number of carboxylic acid groups (broad SMARTS) is 1. The molecule has 4 aromatic rings. The molecular weight excluding hydrogens is 625 g/mol. The first-order chi connectivity index (χ1) is 21.0. The van der Waals surface area contributed by atoms with E-state index in [4.69, 9.17) is 44.1 Å². The van der Waals surface area contributed by atoms with Crippen molar-refractivity contribution >= 4 is 51.7 Å². The van der Waals surface area contributed by atoms with Crippen LogP contribution in [0.5, 0.6) is 0 Å². The standard InChI is InChI=1S/C33H30Cl3N3O5/c1-32(33(42)14-19(15-33)18-8-9-21-25(12-18)39(2)37-29(21)31(40)41)11-10-20(13-26(32)36)43-16-22-28(38-44-30(22)17-6-7-17)27-23(34)4-3-5-24(27)35/h3-5,8-10,12-13,17,19,42H,6-7,11,14-16H2,1-2H3,(H,40,41)/t19-,32?,33-. The van der Waals surface area contributed by atoms with Crippen LogP contribution in [0.15, 0.2) is 63.9 Å². The lowest BCUT2D eigenvalue weighted by Crippen LogP contribution is -2.55. The number of fused-ring (bicyclic) bond motifs is 1. The summed E-state index contributed by atoms with van der Waals surface area (Å²) in [4.78, 5) is 11.6. The molecule has 0 saturated heterocycles. The Morgan fingerprint density at radius 2 is 1.86 bits per heavy atom. The van der Waals surface area contributed by atoms with E-state index in [9.17, 15) is 15.0 Å². The Labute approximate surface area is 268 Å². The van der Waals surface area contributed by atoms with Gasteiger partial charge in [0, 0.05) is 34.4 Å². The SMILES string of the molecule is Cn1nc(C(=O)O)c2ccc([C@H]3C[C@@](O)(C4(C)CC=C(OCc5c(-c6c(Cl)cccc6Cl)noc5C5CC5)C=C4Cl)C3)cc21. The molecule has 0 bridgehead atoms. The van der Waals surface area contributed by atoms with Crippen LogP contribution in [-0.4, -0.2) is 36.7 Å². The molecular formula is C33H30Cl3N3O5. The smallest absolute Gasteiger partial charge is 0.357 e. The molecule has 2 aromatic heterocycles. The predicted octanol–water partition coefficient (Wildman–Crippen LogP) is 8.35. The molecule has 44 heavy (non-hydrogen) atoms. The van der Waals surface area contributed by atoms with Crippen LogP contribution in [0.3, 0.4) is 0 Å². The molecule has 3 aliphatic carbocycles. The zero-order valence-corrected chi connectivity index (χ0v) is 26.4. The Hall–Kier alpha value is -3.30. The molecule has 2 saturated carbocycles. The molecule has 3 aliphatic rings. The van der Waals surface area contributed by atoms with Gasteiger partial charge in [-0.15, -0.1) is 0 Å². The number of hydrogen-bond acceptors (Lipinski definition) is 6. The van der Waals surface area contributed by atoms with Gasteiger partial charge in [0.15, 0.2) is 5.69 Å². The zero-order valence-electron chi connectivity index (χ0n) is 24.1. The van der Waals surface area contributed by atoms with Gasteiger partial charge in [-0.05, 0) is 73.9 Å². The number of nitrogens with zero attached hydrogens (tertiary/aromatic N) is 3. The number of rotatable bonds is 8. The minimum Gasteiger partial charge on any atom is -0.489 e. The Morgan fingerprint density at radius 3 is 2.52 bits per heavy atom. The van der Waals surface area contributed by atoms with Crippen molar-refractivity contribution in [1.82, 2.24) is 14.9 Å². The van der Waals surface area contributed by atoms with Gasteiger partial charge in [-0.1, -0.05) is 65.1 Å². The number of ether oxygens (including phenoxy) is 1. The van der Waals surface area contributed by atoms with Gasteiger partial charge in [-0.25, -0.2) is 4.79 Å². The van der Waals surface area contributed by atoms with Crippen molar-refractivity contribution in [2.45, 2.75) is 63.1 Å². The van der Waals surface area contributed by atoms with Crippen LogP contribution in [0.1, 0.15) is 78.2 Å². The quantitative estimate of drug-likeness (QED) is 0.196. The molecule has 0 amide bonds. The summed E-state index contributed by atoms with van der Waals surface area (Å²) < 4.78 is 13.6. The largest absolute Gasteiger partial charge is 0.489 e. The van der Waals surface area contributed by atoms with E-state index in [2.05, 4.69) is 10.3 Å². The second kappa shape index (κ2) is 10.7. The highest BCUT2D eigenvalue weighted by Gasteiger charge is 2.57. The lowest BCUT2D eigenvalue weighted by Gasteiger charge is -2.55. The maximum atomic E-state index is 11.8. The number of aryl methyl sites for hydroxylation is 1. The van der Waals surface area contributed by atoms with Crippen LogP contribution in [0.25, 0.3) is 22.2 Å². The second-order valence-corrected chi connectivity index (χ2v) is 13.6. The second-order valence-electron chi connectivity index (χ2n) is 12.4. The molecule has 11 heteroatoms. The van der Waals surface area contributed by atoms with E-state index in [1.807, 2.05) is 25.1 Å². The molecule has 2 heterocycles. The number of benzene rings is 2. The first-order valence-electron chi connectivity index (χ1n) is 14.5. The summed E-state index contributed by atoms with van der Waals surface area (Å²) in [6.45, 7) is 2.20. The predicted molar refractivity (Wildman–Crippen MR) is 168 cm³/mol. The van der Waals surface area contributed by atoms with Gasteiger partial charge < -0.3 is 19.5 Å². The summed E-state index contributed by atoms with van der Waals surface area (Å²) in [6.07, 6.45) is 7.38. The molecule has 2 fully saturated rings. The van der Waals surface area contributed by atoms with Crippen molar-refractivity contribution in [3.63, 3.8) is 0 Å². The number of halogens is 3. The summed E-state index contributed by atoms with van der Waals surface area (Å²) in [5.74, 6) is 0.768. The van der Waals surface area contributed by atoms with E-state index in [0.29, 0.717) is 62.7 Å². The molecule has 0 spiro atoms. The van der Waals surface area contributed by atoms with Gasteiger partial charge >= 0.3 is 5.97 Å². The fourth-order valence-corrected chi connectivity index (χ4v) is 7.53. The zero-order chi connectivity index (χ0) is 31.0. The van der Waals surface area contributed by atoms with Crippen molar-refractivity contribution in [1.29, 1.82) is 0 Å². The number of carboxylic acids is 1. The Morgan fingerprint density at radius 1 is 1.14 bits per heavy atom. The van der Waals surface area contributed by atoms with Crippen LogP contribution >= 0.6 is 34.8 Å². The average molecular weight is 655 g/mol. The van der Waals surface area contributed by atoms with Crippen LogP contribution < -0.4 is 0 Å². The topological polar surface area (TPSA) is 111 Å².